The summed E-state index contributed by atoms with van der Waals surface area (Å²) in [5.41, 5.74) is -0.210. The highest BCUT2D eigenvalue weighted by atomic mass is 19.1. The number of aromatic nitrogens is 4. The summed E-state index contributed by atoms with van der Waals surface area (Å²) in [6.07, 6.45) is 1.23. The summed E-state index contributed by atoms with van der Waals surface area (Å²) in [5.74, 6) is 0. The second kappa shape index (κ2) is 5.38. The summed E-state index contributed by atoms with van der Waals surface area (Å²) in [4.78, 5) is 31.1. The molecule has 0 aliphatic heterocycles. The summed E-state index contributed by atoms with van der Waals surface area (Å²) in [5, 5.41) is 0. The van der Waals surface area contributed by atoms with Crippen LogP contribution in [0.15, 0.2) is 15.9 Å². The first kappa shape index (κ1) is 13.5. The molecule has 2 aromatic heterocycles. The molecule has 0 fully saturated rings. The Bertz CT molecular complexity index is 683. The van der Waals surface area contributed by atoms with E-state index in [0.717, 1.165) is 11.0 Å². The van der Waals surface area contributed by atoms with Crippen molar-refractivity contribution in [3.63, 3.8) is 0 Å². The van der Waals surface area contributed by atoms with Crippen LogP contribution in [0.4, 0.5) is 4.39 Å². The molecule has 1 atom stereocenters. The fourth-order valence-corrected chi connectivity index (χ4v) is 2.04. The van der Waals surface area contributed by atoms with Gasteiger partial charge in [0.2, 0.25) is 0 Å². The van der Waals surface area contributed by atoms with Crippen LogP contribution >= 0.6 is 0 Å². The topological polar surface area (TPSA) is 72.7 Å². The average Bonchev–Trinajstić information content (AvgIpc) is 2.83. The summed E-state index contributed by atoms with van der Waals surface area (Å²) < 4.78 is 15.4. The first-order chi connectivity index (χ1) is 9.06. The minimum atomic E-state index is -1.05. The predicted molar refractivity (Wildman–Crippen MR) is 70.1 cm³/mol. The molecule has 0 radical (unpaired) electrons. The monoisotopic (exact) mass is 268 g/mol. The smallest absolute Gasteiger partial charge is 0.332 e. The van der Waals surface area contributed by atoms with Gasteiger partial charge in [0.15, 0.2) is 5.65 Å². The number of nitrogens with one attached hydrogen (secondary N) is 1. The molecule has 0 bridgehead atoms. The molecule has 2 rings (SSSR count). The largest absolute Gasteiger partial charge is 0.339 e. The highest BCUT2D eigenvalue weighted by Crippen LogP contribution is 2.03. The third-order valence-electron chi connectivity index (χ3n) is 2.99. The zero-order valence-electron chi connectivity index (χ0n) is 11.0. The van der Waals surface area contributed by atoms with Gasteiger partial charge in [-0.25, -0.2) is 14.2 Å². The molecular weight excluding hydrogens is 251 g/mol. The number of nitrogens with zero attached hydrogens (tertiary/aromatic N) is 3. The number of hydrogen-bond acceptors (Lipinski definition) is 3. The van der Waals surface area contributed by atoms with Crippen molar-refractivity contribution in [3.05, 3.63) is 27.2 Å². The molecule has 1 N–H and O–H groups in total. The molecule has 104 valence electrons. The quantitative estimate of drug-likeness (QED) is 0.880. The van der Waals surface area contributed by atoms with Crippen LogP contribution in [0.1, 0.15) is 26.7 Å². The Balaban J connectivity index is 2.62. The summed E-state index contributed by atoms with van der Waals surface area (Å²) in [6, 6.07) is 0. The van der Waals surface area contributed by atoms with Gasteiger partial charge in [0.05, 0.1) is 12.5 Å². The van der Waals surface area contributed by atoms with Crippen molar-refractivity contribution >= 4 is 11.2 Å². The molecular formula is C12H17FN4O2. The van der Waals surface area contributed by atoms with Crippen molar-refractivity contribution in [1.29, 1.82) is 0 Å². The number of halogens is 1. The van der Waals surface area contributed by atoms with Gasteiger partial charge in [-0.05, 0) is 19.8 Å². The third kappa shape index (κ3) is 2.45. The van der Waals surface area contributed by atoms with E-state index in [9.17, 15) is 14.0 Å². The molecule has 2 aromatic rings. The Morgan fingerprint density at radius 1 is 1.37 bits per heavy atom. The SMILES string of the molecule is CCCn1c(=O)n(CCC(C)F)c(=O)c2[nH]cnc21. The maximum atomic E-state index is 12.9. The molecule has 0 amide bonds. The van der Waals surface area contributed by atoms with Gasteiger partial charge in [-0.3, -0.25) is 13.9 Å². The van der Waals surface area contributed by atoms with Crippen molar-refractivity contribution in [2.45, 2.75) is 46.0 Å². The van der Waals surface area contributed by atoms with Crippen LogP contribution in [-0.4, -0.2) is 25.3 Å². The van der Waals surface area contributed by atoms with Crippen molar-refractivity contribution in [3.8, 4) is 0 Å². The van der Waals surface area contributed by atoms with E-state index in [2.05, 4.69) is 9.97 Å². The van der Waals surface area contributed by atoms with Crippen LogP contribution in [0, 0.1) is 0 Å². The van der Waals surface area contributed by atoms with E-state index in [-0.39, 0.29) is 13.0 Å². The van der Waals surface area contributed by atoms with E-state index in [1.165, 1.54) is 17.8 Å². The lowest BCUT2D eigenvalue weighted by molar-refractivity contribution is 0.321. The molecule has 19 heavy (non-hydrogen) atoms. The summed E-state index contributed by atoms with van der Waals surface area (Å²) >= 11 is 0. The zero-order valence-corrected chi connectivity index (χ0v) is 11.0. The van der Waals surface area contributed by atoms with E-state index in [4.69, 9.17) is 0 Å². The second-order valence-electron chi connectivity index (χ2n) is 4.56. The molecule has 0 aliphatic rings. The Hall–Kier alpha value is -1.92. The molecule has 0 saturated heterocycles. The van der Waals surface area contributed by atoms with Crippen molar-refractivity contribution in [1.82, 2.24) is 19.1 Å². The Morgan fingerprint density at radius 2 is 2.11 bits per heavy atom. The predicted octanol–water partition coefficient (Wildman–Crippen LogP) is 1.04. The maximum absolute atomic E-state index is 12.9. The van der Waals surface area contributed by atoms with E-state index in [1.807, 2.05) is 6.92 Å². The van der Waals surface area contributed by atoms with Crippen LogP contribution in [0.25, 0.3) is 11.2 Å². The van der Waals surface area contributed by atoms with Crippen molar-refractivity contribution < 1.29 is 4.39 Å². The molecule has 0 aliphatic carbocycles. The Morgan fingerprint density at radius 3 is 2.74 bits per heavy atom. The number of aryl methyl sites for hydroxylation is 1. The first-order valence-electron chi connectivity index (χ1n) is 6.37. The van der Waals surface area contributed by atoms with Gasteiger partial charge < -0.3 is 4.98 Å². The van der Waals surface area contributed by atoms with E-state index < -0.39 is 17.4 Å². The van der Waals surface area contributed by atoms with E-state index in [0.29, 0.717) is 17.7 Å². The standard InChI is InChI=1S/C12H17FN4O2/c1-3-5-16-10-9(14-7-15-10)11(18)17(12(16)19)6-4-8(2)13/h7-8H,3-6H2,1-2H3,(H,14,15). The maximum Gasteiger partial charge on any atom is 0.332 e. The minimum Gasteiger partial charge on any atom is -0.339 e. The minimum absolute atomic E-state index is 0.0774. The number of rotatable bonds is 5. The lowest BCUT2D eigenvalue weighted by Crippen LogP contribution is -2.40. The molecule has 0 spiro atoms. The van der Waals surface area contributed by atoms with E-state index in [1.54, 1.807) is 0 Å². The molecule has 7 heteroatoms. The summed E-state index contributed by atoms with van der Waals surface area (Å²) in [6.45, 7) is 3.90. The molecule has 1 unspecified atom stereocenters. The number of H-pyrrole nitrogens is 1. The van der Waals surface area contributed by atoms with Gasteiger partial charge in [0, 0.05) is 13.1 Å². The Kier molecular flexibility index (Phi) is 3.82. The zero-order chi connectivity index (χ0) is 14.0. The van der Waals surface area contributed by atoms with Crippen molar-refractivity contribution in [2.75, 3.05) is 0 Å². The molecule has 2 heterocycles. The average molecular weight is 268 g/mol. The van der Waals surface area contributed by atoms with Crippen LogP contribution in [-0.2, 0) is 13.1 Å². The molecule has 0 aromatic carbocycles. The lowest BCUT2D eigenvalue weighted by Gasteiger charge is -2.10. The van der Waals surface area contributed by atoms with Crippen LogP contribution < -0.4 is 11.2 Å². The van der Waals surface area contributed by atoms with Gasteiger partial charge in [-0.2, -0.15) is 0 Å². The lowest BCUT2D eigenvalue weighted by atomic mass is 10.3. The van der Waals surface area contributed by atoms with Gasteiger partial charge in [0.1, 0.15) is 5.52 Å². The first-order valence-corrected chi connectivity index (χ1v) is 6.37. The number of imidazole rings is 1. The van der Waals surface area contributed by atoms with Crippen molar-refractivity contribution in [2.24, 2.45) is 0 Å². The number of alkyl halides is 1. The highest BCUT2D eigenvalue weighted by molar-refractivity contribution is 5.68. The highest BCUT2D eigenvalue weighted by Gasteiger charge is 2.15. The fourth-order valence-electron chi connectivity index (χ4n) is 2.04. The number of hydrogen-bond donors (Lipinski definition) is 1. The fraction of sp³-hybridized carbons (Fsp3) is 0.583. The van der Waals surface area contributed by atoms with Gasteiger partial charge in [0.25, 0.3) is 5.56 Å². The van der Waals surface area contributed by atoms with Gasteiger partial charge in [-0.1, -0.05) is 6.92 Å². The van der Waals surface area contributed by atoms with Crippen LogP contribution in [0.2, 0.25) is 0 Å². The number of fused-ring (bicyclic) bond motifs is 1. The van der Waals surface area contributed by atoms with Crippen LogP contribution in [0.5, 0.6) is 0 Å². The normalized spacial score (nSPS) is 13.0. The third-order valence-corrected chi connectivity index (χ3v) is 2.99. The van der Waals surface area contributed by atoms with E-state index >= 15 is 0 Å². The number of aromatic amines is 1. The van der Waals surface area contributed by atoms with Gasteiger partial charge >= 0.3 is 5.69 Å². The van der Waals surface area contributed by atoms with Gasteiger partial charge in [-0.15, -0.1) is 0 Å². The molecule has 6 nitrogen and oxygen atoms in total. The molecule has 0 saturated carbocycles. The summed E-state index contributed by atoms with van der Waals surface area (Å²) in [7, 11) is 0. The van der Waals surface area contributed by atoms with Crippen LogP contribution in [0.3, 0.4) is 0 Å². The Labute approximate surface area is 108 Å². The second-order valence-corrected chi connectivity index (χ2v) is 4.56.